The summed E-state index contributed by atoms with van der Waals surface area (Å²) < 4.78 is 15.8. The standard InChI is InChI=1S/C24H24N2O5/c1-29-17-9-10-18(22(14-17)30-2)21(27)15-31-24(28)19-13-16-7-3-4-8-20(16)25-23(19)26-11-5-6-12-26/h3-4,7-10,13-14H,5-6,11-12,15H2,1-2H3. The van der Waals surface area contributed by atoms with Gasteiger partial charge in [-0.05, 0) is 37.1 Å². The van der Waals surface area contributed by atoms with Gasteiger partial charge in [0.05, 0.1) is 25.3 Å². The first-order valence-corrected chi connectivity index (χ1v) is 10.2. The van der Waals surface area contributed by atoms with Gasteiger partial charge in [0.15, 0.2) is 6.61 Å². The third-order valence-electron chi connectivity index (χ3n) is 5.37. The zero-order valence-corrected chi connectivity index (χ0v) is 17.6. The van der Waals surface area contributed by atoms with Crippen LogP contribution >= 0.6 is 0 Å². The van der Waals surface area contributed by atoms with Crippen LogP contribution in [0, 0.1) is 0 Å². The largest absolute Gasteiger partial charge is 0.497 e. The molecule has 0 spiro atoms. The SMILES string of the molecule is COc1ccc(C(=O)COC(=O)c2cc3ccccc3nc2N2CCCC2)c(OC)c1. The average Bonchev–Trinajstić information content (AvgIpc) is 3.35. The zero-order valence-electron chi connectivity index (χ0n) is 17.6. The second-order valence-corrected chi connectivity index (χ2v) is 7.31. The number of Topliss-reactive ketones (excluding diaryl/α,β-unsaturated/α-hetero) is 1. The number of pyridine rings is 1. The van der Waals surface area contributed by atoms with E-state index in [2.05, 4.69) is 4.90 Å². The molecule has 1 saturated heterocycles. The summed E-state index contributed by atoms with van der Waals surface area (Å²) in [5.74, 6) is 0.620. The van der Waals surface area contributed by atoms with Gasteiger partial charge in [0.25, 0.3) is 0 Å². The predicted octanol–water partition coefficient (Wildman–Crippen LogP) is 3.89. The molecule has 7 nitrogen and oxygen atoms in total. The van der Waals surface area contributed by atoms with Crippen molar-refractivity contribution in [3.8, 4) is 11.5 Å². The van der Waals surface area contributed by atoms with Crippen LogP contribution in [0.15, 0.2) is 48.5 Å². The maximum atomic E-state index is 13.0. The van der Waals surface area contributed by atoms with Crippen molar-refractivity contribution in [1.82, 2.24) is 4.98 Å². The van der Waals surface area contributed by atoms with Gasteiger partial charge in [-0.15, -0.1) is 0 Å². The molecular weight excluding hydrogens is 396 g/mol. The number of carbonyl (C=O) groups excluding carboxylic acids is 2. The van der Waals surface area contributed by atoms with Gasteiger partial charge < -0.3 is 19.1 Å². The molecule has 0 unspecified atom stereocenters. The number of esters is 1. The van der Waals surface area contributed by atoms with Crippen LogP contribution in [0.25, 0.3) is 10.9 Å². The summed E-state index contributed by atoms with van der Waals surface area (Å²) in [5.41, 5.74) is 1.52. The third kappa shape index (κ3) is 4.30. The van der Waals surface area contributed by atoms with Gasteiger partial charge in [0.2, 0.25) is 5.78 Å². The molecule has 0 atom stereocenters. The molecule has 4 rings (SSSR count). The van der Waals surface area contributed by atoms with E-state index in [4.69, 9.17) is 19.2 Å². The van der Waals surface area contributed by atoms with E-state index in [-0.39, 0.29) is 5.78 Å². The molecule has 1 aromatic heterocycles. The summed E-state index contributed by atoms with van der Waals surface area (Å²) in [7, 11) is 3.01. The number of anilines is 1. The van der Waals surface area contributed by atoms with Crippen LogP contribution in [0.2, 0.25) is 0 Å². The Balaban J connectivity index is 1.57. The fourth-order valence-corrected chi connectivity index (χ4v) is 3.74. The van der Waals surface area contributed by atoms with E-state index in [9.17, 15) is 9.59 Å². The van der Waals surface area contributed by atoms with E-state index in [0.717, 1.165) is 36.8 Å². The fourth-order valence-electron chi connectivity index (χ4n) is 3.74. The second kappa shape index (κ2) is 9.04. The van der Waals surface area contributed by atoms with Crippen LogP contribution in [0.3, 0.4) is 0 Å². The topological polar surface area (TPSA) is 78.0 Å². The highest BCUT2D eigenvalue weighted by atomic mass is 16.5. The maximum Gasteiger partial charge on any atom is 0.342 e. The maximum absolute atomic E-state index is 13.0. The quantitative estimate of drug-likeness (QED) is 0.424. The van der Waals surface area contributed by atoms with Crippen molar-refractivity contribution in [3.63, 3.8) is 0 Å². The van der Waals surface area contributed by atoms with E-state index in [1.54, 1.807) is 24.3 Å². The number of hydrogen-bond donors (Lipinski definition) is 0. The number of para-hydroxylation sites is 1. The lowest BCUT2D eigenvalue weighted by atomic mass is 10.1. The first-order chi connectivity index (χ1) is 15.1. The van der Waals surface area contributed by atoms with Crippen molar-refractivity contribution < 1.29 is 23.8 Å². The van der Waals surface area contributed by atoms with Crippen LogP contribution in [0.4, 0.5) is 5.82 Å². The van der Waals surface area contributed by atoms with Gasteiger partial charge in [-0.3, -0.25) is 4.79 Å². The summed E-state index contributed by atoms with van der Waals surface area (Å²) in [6.07, 6.45) is 2.11. The smallest absolute Gasteiger partial charge is 0.342 e. The lowest BCUT2D eigenvalue weighted by Gasteiger charge is -2.20. The van der Waals surface area contributed by atoms with E-state index in [0.29, 0.717) is 28.4 Å². The minimum atomic E-state index is -0.569. The first-order valence-electron chi connectivity index (χ1n) is 10.2. The molecule has 0 N–H and O–H groups in total. The molecule has 7 heteroatoms. The molecule has 31 heavy (non-hydrogen) atoms. The molecule has 2 aromatic carbocycles. The van der Waals surface area contributed by atoms with Crippen LogP contribution in [0.5, 0.6) is 11.5 Å². The molecule has 0 aliphatic carbocycles. The van der Waals surface area contributed by atoms with Crippen molar-refractivity contribution in [2.75, 3.05) is 38.8 Å². The monoisotopic (exact) mass is 420 g/mol. The number of fused-ring (bicyclic) bond motifs is 1. The van der Waals surface area contributed by atoms with Crippen LogP contribution < -0.4 is 14.4 Å². The molecule has 0 amide bonds. The summed E-state index contributed by atoms with van der Waals surface area (Å²) >= 11 is 0. The molecule has 1 aliphatic heterocycles. The average molecular weight is 420 g/mol. The second-order valence-electron chi connectivity index (χ2n) is 7.31. The van der Waals surface area contributed by atoms with Gasteiger partial charge in [0, 0.05) is 24.5 Å². The molecule has 0 bridgehead atoms. The van der Waals surface area contributed by atoms with E-state index in [1.807, 2.05) is 24.3 Å². The molecule has 2 heterocycles. The van der Waals surface area contributed by atoms with Gasteiger partial charge in [0.1, 0.15) is 22.9 Å². The molecule has 3 aromatic rings. The van der Waals surface area contributed by atoms with Crippen LogP contribution in [0.1, 0.15) is 33.6 Å². The van der Waals surface area contributed by atoms with Crippen molar-refractivity contribution in [1.29, 1.82) is 0 Å². The Kier molecular flexibility index (Phi) is 6.02. The van der Waals surface area contributed by atoms with Crippen LogP contribution in [-0.2, 0) is 4.74 Å². The van der Waals surface area contributed by atoms with E-state index >= 15 is 0 Å². The van der Waals surface area contributed by atoms with E-state index in [1.165, 1.54) is 14.2 Å². The van der Waals surface area contributed by atoms with Gasteiger partial charge >= 0.3 is 5.97 Å². The third-order valence-corrected chi connectivity index (χ3v) is 5.37. The normalized spacial score (nSPS) is 13.3. The Bertz CT molecular complexity index is 1120. The highest BCUT2D eigenvalue weighted by Gasteiger charge is 2.24. The predicted molar refractivity (Wildman–Crippen MR) is 117 cm³/mol. The number of carbonyl (C=O) groups is 2. The number of ketones is 1. The lowest BCUT2D eigenvalue weighted by Crippen LogP contribution is -2.23. The van der Waals surface area contributed by atoms with Gasteiger partial charge in [-0.25, -0.2) is 9.78 Å². The van der Waals surface area contributed by atoms with Crippen molar-refractivity contribution in [2.24, 2.45) is 0 Å². The van der Waals surface area contributed by atoms with Crippen LogP contribution in [-0.4, -0.2) is 50.7 Å². The Morgan fingerprint density at radius 1 is 0.968 bits per heavy atom. The van der Waals surface area contributed by atoms with Crippen molar-refractivity contribution in [2.45, 2.75) is 12.8 Å². The highest BCUT2D eigenvalue weighted by Crippen LogP contribution is 2.28. The Labute approximate surface area is 180 Å². The summed E-state index contributed by atoms with van der Waals surface area (Å²) in [4.78, 5) is 32.5. The molecule has 0 saturated carbocycles. The zero-order chi connectivity index (χ0) is 21.8. The molecule has 1 aliphatic rings. The number of ether oxygens (including phenoxy) is 3. The van der Waals surface area contributed by atoms with Crippen molar-refractivity contribution >= 4 is 28.5 Å². The molecule has 1 fully saturated rings. The Hall–Kier alpha value is -3.61. The number of nitrogens with zero attached hydrogens (tertiary/aromatic N) is 2. The highest BCUT2D eigenvalue weighted by molar-refractivity contribution is 6.03. The lowest BCUT2D eigenvalue weighted by molar-refractivity contribution is 0.0474. The minimum Gasteiger partial charge on any atom is -0.497 e. The minimum absolute atomic E-state index is 0.326. The summed E-state index contributed by atoms with van der Waals surface area (Å²) in [5, 5.41) is 0.848. The Morgan fingerprint density at radius 3 is 2.48 bits per heavy atom. The molecule has 0 radical (unpaired) electrons. The number of aromatic nitrogens is 1. The van der Waals surface area contributed by atoms with E-state index < -0.39 is 12.6 Å². The number of hydrogen-bond acceptors (Lipinski definition) is 7. The van der Waals surface area contributed by atoms with Gasteiger partial charge in [-0.1, -0.05) is 18.2 Å². The Morgan fingerprint density at radius 2 is 1.74 bits per heavy atom. The molecular formula is C24H24N2O5. The number of benzene rings is 2. The molecule has 160 valence electrons. The first kappa shape index (κ1) is 20.7. The number of rotatable bonds is 7. The van der Waals surface area contributed by atoms with Gasteiger partial charge in [-0.2, -0.15) is 0 Å². The fraction of sp³-hybridized carbons (Fsp3) is 0.292. The number of methoxy groups -OCH3 is 2. The summed E-state index contributed by atoms with van der Waals surface area (Å²) in [6, 6.07) is 14.3. The summed E-state index contributed by atoms with van der Waals surface area (Å²) in [6.45, 7) is 1.29. The van der Waals surface area contributed by atoms with Crippen molar-refractivity contribution in [3.05, 3.63) is 59.7 Å².